The highest BCUT2D eigenvalue weighted by Crippen LogP contribution is 2.25. The van der Waals surface area contributed by atoms with Crippen molar-refractivity contribution in [2.75, 3.05) is 32.2 Å². The first-order valence-electron chi connectivity index (χ1n) is 7.19. The van der Waals surface area contributed by atoms with E-state index in [9.17, 15) is 0 Å². The van der Waals surface area contributed by atoms with E-state index in [4.69, 9.17) is 15.2 Å². The maximum absolute atomic E-state index is 6.08. The number of nitrogens with two attached hydrogens (primary N) is 1. The SMILES string of the molecule is CCC(N)Cc1cccnc1N1CC(OC)C(OC)C1. The quantitative estimate of drug-likeness (QED) is 0.848. The highest BCUT2D eigenvalue weighted by Gasteiger charge is 2.34. The summed E-state index contributed by atoms with van der Waals surface area (Å²) in [4.78, 5) is 6.78. The minimum absolute atomic E-state index is 0.0923. The zero-order chi connectivity index (χ0) is 14.5. The Morgan fingerprint density at radius 1 is 1.35 bits per heavy atom. The highest BCUT2D eigenvalue weighted by atomic mass is 16.5. The molecule has 0 radical (unpaired) electrons. The molecule has 0 aromatic carbocycles. The molecule has 1 saturated heterocycles. The van der Waals surface area contributed by atoms with Gasteiger partial charge in [-0.3, -0.25) is 0 Å². The van der Waals surface area contributed by atoms with E-state index in [0.29, 0.717) is 0 Å². The Balaban J connectivity index is 2.16. The Kier molecular flexibility index (Phi) is 5.34. The molecular weight excluding hydrogens is 254 g/mol. The molecule has 5 heteroatoms. The fraction of sp³-hybridized carbons (Fsp3) is 0.667. The van der Waals surface area contributed by atoms with Gasteiger partial charge in [0.2, 0.25) is 0 Å². The molecule has 1 fully saturated rings. The molecule has 3 unspecified atom stereocenters. The molecule has 0 bridgehead atoms. The number of ether oxygens (including phenoxy) is 2. The normalized spacial score (nSPS) is 24.1. The van der Waals surface area contributed by atoms with E-state index in [-0.39, 0.29) is 18.2 Å². The number of rotatable bonds is 6. The third-order valence-corrected chi connectivity index (χ3v) is 3.99. The van der Waals surface area contributed by atoms with Crippen LogP contribution in [0.5, 0.6) is 0 Å². The molecule has 5 nitrogen and oxygen atoms in total. The number of aromatic nitrogens is 1. The Morgan fingerprint density at radius 3 is 2.55 bits per heavy atom. The van der Waals surface area contributed by atoms with Crippen LogP contribution in [0, 0.1) is 0 Å². The Morgan fingerprint density at radius 2 is 2.00 bits per heavy atom. The third kappa shape index (κ3) is 3.29. The fourth-order valence-corrected chi connectivity index (χ4v) is 2.67. The van der Waals surface area contributed by atoms with Crippen LogP contribution >= 0.6 is 0 Å². The molecule has 0 amide bonds. The average molecular weight is 279 g/mol. The van der Waals surface area contributed by atoms with E-state index >= 15 is 0 Å². The Bertz CT molecular complexity index is 415. The molecule has 112 valence electrons. The van der Waals surface area contributed by atoms with Gasteiger partial charge in [-0.05, 0) is 24.5 Å². The summed E-state index contributed by atoms with van der Waals surface area (Å²) in [6.07, 6.45) is 3.84. The van der Waals surface area contributed by atoms with Crippen molar-refractivity contribution < 1.29 is 9.47 Å². The number of hydrogen-bond donors (Lipinski definition) is 1. The van der Waals surface area contributed by atoms with Gasteiger partial charge in [-0.15, -0.1) is 0 Å². The average Bonchev–Trinajstić information content (AvgIpc) is 2.90. The van der Waals surface area contributed by atoms with E-state index in [1.165, 1.54) is 5.56 Å². The summed E-state index contributed by atoms with van der Waals surface area (Å²) in [6.45, 7) is 3.72. The van der Waals surface area contributed by atoms with Crippen molar-refractivity contribution in [3.63, 3.8) is 0 Å². The monoisotopic (exact) mass is 279 g/mol. The molecule has 1 aliphatic rings. The van der Waals surface area contributed by atoms with Crippen LogP contribution in [0.15, 0.2) is 18.3 Å². The lowest BCUT2D eigenvalue weighted by Gasteiger charge is -2.21. The summed E-state index contributed by atoms with van der Waals surface area (Å²) in [7, 11) is 3.46. The first kappa shape index (κ1) is 15.2. The third-order valence-electron chi connectivity index (χ3n) is 3.99. The molecule has 1 aromatic heterocycles. The number of anilines is 1. The molecule has 2 N–H and O–H groups in total. The summed E-state index contributed by atoms with van der Waals surface area (Å²) in [5, 5.41) is 0. The van der Waals surface area contributed by atoms with E-state index < -0.39 is 0 Å². The van der Waals surface area contributed by atoms with Crippen LogP contribution in [-0.2, 0) is 15.9 Å². The molecule has 2 rings (SSSR count). The summed E-state index contributed by atoms with van der Waals surface area (Å²) >= 11 is 0. The number of hydrogen-bond acceptors (Lipinski definition) is 5. The maximum atomic E-state index is 6.08. The van der Waals surface area contributed by atoms with Crippen LogP contribution in [0.25, 0.3) is 0 Å². The maximum Gasteiger partial charge on any atom is 0.131 e. The van der Waals surface area contributed by atoms with Gasteiger partial charge < -0.3 is 20.1 Å². The van der Waals surface area contributed by atoms with E-state index in [0.717, 1.165) is 31.7 Å². The second kappa shape index (κ2) is 7.02. The van der Waals surface area contributed by atoms with Crippen molar-refractivity contribution in [3.05, 3.63) is 23.9 Å². The Hall–Kier alpha value is -1.17. The molecule has 1 aromatic rings. The smallest absolute Gasteiger partial charge is 0.131 e. The van der Waals surface area contributed by atoms with Crippen LogP contribution in [0.2, 0.25) is 0 Å². The molecule has 0 saturated carbocycles. The van der Waals surface area contributed by atoms with E-state index in [1.807, 2.05) is 12.3 Å². The first-order chi connectivity index (χ1) is 9.69. The lowest BCUT2D eigenvalue weighted by Crippen LogP contribution is -2.27. The summed E-state index contributed by atoms with van der Waals surface area (Å²) in [6, 6.07) is 4.26. The van der Waals surface area contributed by atoms with Gasteiger partial charge in [-0.1, -0.05) is 13.0 Å². The number of pyridine rings is 1. The van der Waals surface area contributed by atoms with Crippen molar-refractivity contribution in [1.82, 2.24) is 4.98 Å². The van der Waals surface area contributed by atoms with Gasteiger partial charge in [0.05, 0.1) is 0 Å². The van der Waals surface area contributed by atoms with Crippen molar-refractivity contribution >= 4 is 5.82 Å². The zero-order valence-corrected chi connectivity index (χ0v) is 12.6. The Labute approximate surface area is 121 Å². The van der Waals surface area contributed by atoms with Gasteiger partial charge in [0, 0.05) is 39.5 Å². The van der Waals surface area contributed by atoms with Crippen molar-refractivity contribution in [2.24, 2.45) is 5.73 Å². The minimum atomic E-state index is 0.0923. The highest BCUT2D eigenvalue weighted by molar-refractivity contribution is 5.48. The second-order valence-corrected chi connectivity index (χ2v) is 5.31. The first-order valence-corrected chi connectivity index (χ1v) is 7.19. The molecule has 3 atom stereocenters. The topological polar surface area (TPSA) is 60.6 Å². The van der Waals surface area contributed by atoms with Crippen LogP contribution in [0.1, 0.15) is 18.9 Å². The van der Waals surface area contributed by atoms with Gasteiger partial charge in [-0.2, -0.15) is 0 Å². The predicted molar refractivity (Wildman–Crippen MR) is 80.0 cm³/mol. The largest absolute Gasteiger partial charge is 0.377 e. The number of methoxy groups -OCH3 is 2. The minimum Gasteiger partial charge on any atom is -0.377 e. The van der Waals surface area contributed by atoms with Gasteiger partial charge in [0.25, 0.3) is 0 Å². The molecule has 2 heterocycles. The summed E-state index contributed by atoms with van der Waals surface area (Å²) in [5.41, 5.74) is 7.29. The van der Waals surface area contributed by atoms with E-state index in [2.05, 4.69) is 22.9 Å². The molecule has 0 aliphatic carbocycles. The van der Waals surface area contributed by atoms with Crippen molar-refractivity contribution in [3.8, 4) is 0 Å². The van der Waals surface area contributed by atoms with Gasteiger partial charge in [0.1, 0.15) is 18.0 Å². The lowest BCUT2D eigenvalue weighted by molar-refractivity contribution is -0.00461. The molecular formula is C15H25N3O2. The van der Waals surface area contributed by atoms with Crippen LogP contribution in [0.4, 0.5) is 5.82 Å². The van der Waals surface area contributed by atoms with Gasteiger partial charge in [0.15, 0.2) is 0 Å². The lowest BCUT2D eigenvalue weighted by atomic mass is 10.1. The van der Waals surface area contributed by atoms with Crippen LogP contribution < -0.4 is 10.6 Å². The summed E-state index contributed by atoms with van der Waals surface area (Å²) < 4.78 is 11.0. The number of nitrogens with zero attached hydrogens (tertiary/aromatic N) is 2. The fourth-order valence-electron chi connectivity index (χ4n) is 2.67. The van der Waals surface area contributed by atoms with Gasteiger partial charge in [-0.25, -0.2) is 4.98 Å². The van der Waals surface area contributed by atoms with Gasteiger partial charge >= 0.3 is 0 Å². The molecule has 20 heavy (non-hydrogen) atoms. The van der Waals surface area contributed by atoms with Crippen molar-refractivity contribution in [2.45, 2.75) is 38.0 Å². The van der Waals surface area contributed by atoms with Crippen molar-refractivity contribution in [1.29, 1.82) is 0 Å². The van der Waals surface area contributed by atoms with E-state index in [1.54, 1.807) is 14.2 Å². The predicted octanol–water partition coefficient (Wildman–Crippen LogP) is 1.21. The molecule has 0 spiro atoms. The second-order valence-electron chi connectivity index (χ2n) is 5.31. The summed E-state index contributed by atoms with van der Waals surface area (Å²) in [5.74, 6) is 1.01. The molecule has 1 aliphatic heterocycles. The standard InChI is InChI=1S/C15H25N3O2/c1-4-12(16)8-11-6-5-7-17-15(11)18-9-13(19-2)14(10-18)20-3/h5-7,12-14H,4,8-10,16H2,1-3H3. The van der Waals surface area contributed by atoms with Crippen LogP contribution in [-0.4, -0.2) is 50.5 Å². The zero-order valence-electron chi connectivity index (χ0n) is 12.6. The van der Waals surface area contributed by atoms with Crippen LogP contribution in [0.3, 0.4) is 0 Å².